The van der Waals surface area contributed by atoms with Crippen molar-refractivity contribution in [2.24, 2.45) is 0 Å². The van der Waals surface area contributed by atoms with Crippen molar-refractivity contribution in [1.82, 2.24) is 19.7 Å². The van der Waals surface area contributed by atoms with Crippen LogP contribution < -0.4 is 5.32 Å². The molecule has 0 unspecified atom stereocenters. The van der Waals surface area contributed by atoms with Crippen molar-refractivity contribution >= 4 is 39.8 Å². The Balaban J connectivity index is 2.22. The normalized spacial score (nSPS) is 10.9. The molecule has 0 aliphatic rings. The second-order valence-electron chi connectivity index (χ2n) is 4.14. The first-order valence-electron chi connectivity index (χ1n) is 6.09. The molecule has 3 aromatic rings. The monoisotopic (exact) mass is 307 g/mol. The zero-order valence-corrected chi connectivity index (χ0v) is 12.2. The van der Waals surface area contributed by atoms with Gasteiger partial charge in [-0.15, -0.1) is 0 Å². The number of nitrogens with one attached hydrogen (secondary N) is 1. The SMILES string of the molecule is CCNc1cccc2c1cnn2-c1nc(Cl)ncc1Cl. The lowest BCUT2D eigenvalue weighted by atomic mass is 10.2. The molecule has 7 heteroatoms. The zero-order valence-electron chi connectivity index (χ0n) is 10.6. The summed E-state index contributed by atoms with van der Waals surface area (Å²) in [5.41, 5.74) is 1.92. The van der Waals surface area contributed by atoms with Crippen LogP contribution in [0.15, 0.2) is 30.6 Å². The van der Waals surface area contributed by atoms with E-state index >= 15 is 0 Å². The first-order valence-corrected chi connectivity index (χ1v) is 6.85. The van der Waals surface area contributed by atoms with Crippen LogP contribution in [0.3, 0.4) is 0 Å². The molecular formula is C13H11Cl2N5. The third kappa shape index (κ3) is 2.19. The van der Waals surface area contributed by atoms with Crippen LogP contribution >= 0.6 is 23.2 Å². The molecule has 0 fully saturated rings. The van der Waals surface area contributed by atoms with Gasteiger partial charge in [-0.25, -0.2) is 9.67 Å². The van der Waals surface area contributed by atoms with Crippen LogP contribution in [-0.2, 0) is 0 Å². The Kier molecular flexibility index (Phi) is 3.46. The topological polar surface area (TPSA) is 55.6 Å². The second kappa shape index (κ2) is 5.26. The number of hydrogen-bond donors (Lipinski definition) is 1. The van der Waals surface area contributed by atoms with Crippen LogP contribution in [0.1, 0.15) is 6.92 Å². The van der Waals surface area contributed by atoms with Gasteiger partial charge in [0, 0.05) is 17.6 Å². The number of fused-ring (bicyclic) bond motifs is 1. The summed E-state index contributed by atoms with van der Waals surface area (Å²) in [5.74, 6) is 0.468. The first kappa shape index (κ1) is 13.1. The summed E-state index contributed by atoms with van der Waals surface area (Å²) >= 11 is 12.0. The van der Waals surface area contributed by atoms with Crippen LogP contribution in [0.25, 0.3) is 16.7 Å². The molecule has 3 rings (SSSR count). The first-order chi connectivity index (χ1) is 9.70. The smallest absolute Gasteiger partial charge is 0.224 e. The quantitative estimate of drug-likeness (QED) is 0.752. The Morgan fingerprint density at radius 3 is 2.90 bits per heavy atom. The third-order valence-electron chi connectivity index (χ3n) is 2.88. The van der Waals surface area contributed by atoms with Crippen LogP contribution in [0, 0.1) is 0 Å². The van der Waals surface area contributed by atoms with Crippen molar-refractivity contribution in [2.45, 2.75) is 6.92 Å². The summed E-state index contributed by atoms with van der Waals surface area (Å²) in [6.07, 6.45) is 3.24. The predicted molar refractivity (Wildman–Crippen MR) is 80.8 cm³/mol. The van der Waals surface area contributed by atoms with E-state index in [1.54, 1.807) is 10.9 Å². The molecule has 1 N–H and O–H groups in total. The van der Waals surface area contributed by atoms with Crippen LogP contribution in [0.2, 0.25) is 10.3 Å². The van der Waals surface area contributed by atoms with Crippen LogP contribution in [-0.4, -0.2) is 26.3 Å². The average Bonchev–Trinajstić information content (AvgIpc) is 2.87. The fraction of sp³-hybridized carbons (Fsp3) is 0.154. The van der Waals surface area contributed by atoms with E-state index in [4.69, 9.17) is 23.2 Å². The fourth-order valence-corrected chi connectivity index (χ4v) is 2.35. The standard InChI is InChI=1S/C13H11Cl2N5/c1-2-16-10-4-3-5-11-8(10)6-18-20(11)12-9(14)7-17-13(15)19-12/h3-7,16H,2H2,1H3. The van der Waals surface area contributed by atoms with Gasteiger partial charge in [-0.2, -0.15) is 10.1 Å². The molecule has 0 atom stereocenters. The number of halogens is 2. The Bertz CT molecular complexity index is 769. The van der Waals surface area contributed by atoms with Gasteiger partial charge < -0.3 is 5.32 Å². The van der Waals surface area contributed by atoms with E-state index in [-0.39, 0.29) is 5.28 Å². The Hall–Kier alpha value is -1.85. The van der Waals surface area contributed by atoms with Gasteiger partial charge in [0.15, 0.2) is 5.82 Å². The molecule has 0 aliphatic carbocycles. The van der Waals surface area contributed by atoms with Crippen molar-refractivity contribution in [3.63, 3.8) is 0 Å². The molecule has 0 saturated carbocycles. The highest BCUT2D eigenvalue weighted by Crippen LogP contribution is 2.27. The summed E-state index contributed by atoms with van der Waals surface area (Å²) in [5, 5.41) is 9.18. The minimum atomic E-state index is 0.135. The number of aromatic nitrogens is 4. The zero-order chi connectivity index (χ0) is 14.1. The maximum Gasteiger partial charge on any atom is 0.224 e. The number of nitrogens with zero attached hydrogens (tertiary/aromatic N) is 4. The van der Waals surface area contributed by atoms with E-state index in [1.807, 2.05) is 25.1 Å². The van der Waals surface area contributed by atoms with Crippen molar-refractivity contribution in [1.29, 1.82) is 0 Å². The number of hydrogen-bond acceptors (Lipinski definition) is 4. The van der Waals surface area contributed by atoms with E-state index in [0.29, 0.717) is 10.8 Å². The van der Waals surface area contributed by atoms with Crippen molar-refractivity contribution in [2.75, 3.05) is 11.9 Å². The molecule has 0 amide bonds. The minimum absolute atomic E-state index is 0.135. The lowest BCUT2D eigenvalue weighted by Crippen LogP contribution is -2.02. The van der Waals surface area contributed by atoms with E-state index < -0.39 is 0 Å². The van der Waals surface area contributed by atoms with Gasteiger partial charge in [-0.3, -0.25) is 0 Å². The van der Waals surface area contributed by atoms with Gasteiger partial charge in [0.05, 0.1) is 17.9 Å². The molecule has 0 saturated heterocycles. The van der Waals surface area contributed by atoms with Crippen molar-refractivity contribution in [3.8, 4) is 5.82 Å². The Labute approximate surface area is 125 Å². The van der Waals surface area contributed by atoms with Crippen LogP contribution in [0.5, 0.6) is 0 Å². The number of benzene rings is 1. The average molecular weight is 308 g/mol. The van der Waals surface area contributed by atoms with Gasteiger partial charge in [-0.05, 0) is 30.7 Å². The molecule has 20 heavy (non-hydrogen) atoms. The molecule has 2 heterocycles. The van der Waals surface area contributed by atoms with Gasteiger partial charge in [0.2, 0.25) is 5.28 Å². The largest absolute Gasteiger partial charge is 0.385 e. The van der Waals surface area contributed by atoms with E-state index in [0.717, 1.165) is 23.1 Å². The van der Waals surface area contributed by atoms with Gasteiger partial charge in [0.25, 0.3) is 0 Å². The van der Waals surface area contributed by atoms with Gasteiger partial charge >= 0.3 is 0 Å². The summed E-state index contributed by atoms with van der Waals surface area (Å²) in [4.78, 5) is 7.99. The molecule has 0 radical (unpaired) electrons. The van der Waals surface area contributed by atoms with E-state index in [2.05, 4.69) is 20.4 Å². The highest BCUT2D eigenvalue weighted by atomic mass is 35.5. The van der Waals surface area contributed by atoms with Gasteiger partial charge in [-0.1, -0.05) is 17.7 Å². The maximum atomic E-state index is 6.13. The summed E-state index contributed by atoms with van der Waals surface area (Å²) in [6, 6.07) is 5.91. The summed E-state index contributed by atoms with van der Waals surface area (Å²) in [6.45, 7) is 2.88. The predicted octanol–water partition coefficient (Wildman–Crippen LogP) is 3.55. The van der Waals surface area contributed by atoms with Gasteiger partial charge in [0.1, 0.15) is 5.02 Å². The summed E-state index contributed by atoms with van der Waals surface area (Å²) < 4.78 is 1.66. The lowest BCUT2D eigenvalue weighted by molar-refractivity contribution is 0.866. The van der Waals surface area contributed by atoms with Crippen molar-refractivity contribution in [3.05, 3.63) is 40.9 Å². The molecule has 0 bridgehead atoms. The third-order valence-corrected chi connectivity index (χ3v) is 3.33. The molecule has 0 aliphatic heterocycles. The second-order valence-corrected chi connectivity index (χ2v) is 4.88. The molecular weight excluding hydrogens is 297 g/mol. The fourth-order valence-electron chi connectivity index (χ4n) is 2.05. The molecule has 1 aromatic carbocycles. The van der Waals surface area contributed by atoms with Crippen LogP contribution in [0.4, 0.5) is 5.69 Å². The Morgan fingerprint density at radius 2 is 2.10 bits per heavy atom. The highest BCUT2D eigenvalue weighted by molar-refractivity contribution is 6.33. The van der Waals surface area contributed by atoms with Crippen molar-refractivity contribution < 1.29 is 0 Å². The van der Waals surface area contributed by atoms with E-state index in [1.165, 1.54) is 6.20 Å². The molecule has 5 nitrogen and oxygen atoms in total. The highest BCUT2D eigenvalue weighted by Gasteiger charge is 2.12. The number of anilines is 1. The molecule has 102 valence electrons. The lowest BCUT2D eigenvalue weighted by Gasteiger charge is -2.07. The molecule has 2 aromatic heterocycles. The minimum Gasteiger partial charge on any atom is -0.385 e. The number of rotatable bonds is 3. The van der Waals surface area contributed by atoms with E-state index in [9.17, 15) is 0 Å². The maximum absolute atomic E-state index is 6.13. The Morgan fingerprint density at radius 1 is 1.25 bits per heavy atom. The summed E-state index contributed by atoms with van der Waals surface area (Å²) in [7, 11) is 0. The molecule has 0 spiro atoms.